The summed E-state index contributed by atoms with van der Waals surface area (Å²) in [4.78, 5) is 17.0. The van der Waals surface area contributed by atoms with E-state index in [2.05, 4.69) is 9.62 Å². The number of benzene rings is 2. The molecule has 0 bridgehead atoms. The Morgan fingerprint density at radius 3 is 2.19 bits per heavy atom. The van der Waals surface area contributed by atoms with Gasteiger partial charge in [0, 0.05) is 37.6 Å². The van der Waals surface area contributed by atoms with Crippen LogP contribution in [0.5, 0.6) is 5.75 Å². The van der Waals surface area contributed by atoms with Gasteiger partial charge in [-0.25, -0.2) is 8.42 Å². The van der Waals surface area contributed by atoms with Crippen molar-refractivity contribution in [3.8, 4) is 5.75 Å². The van der Waals surface area contributed by atoms with E-state index in [9.17, 15) is 13.2 Å². The molecule has 0 saturated carbocycles. The highest BCUT2D eigenvalue weighted by Gasteiger charge is 2.25. The van der Waals surface area contributed by atoms with Crippen LogP contribution in [0.1, 0.15) is 42.5 Å². The summed E-state index contributed by atoms with van der Waals surface area (Å²) in [5, 5.41) is 0. The molecule has 0 aromatic heterocycles. The molecule has 0 unspecified atom stereocenters. The van der Waals surface area contributed by atoms with Crippen LogP contribution in [-0.4, -0.2) is 52.5 Å². The van der Waals surface area contributed by atoms with Crippen molar-refractivity contribution < 1.29 is 17.9 Å². The Morgan fingerprint density at radius 2 is 1.55 bits per heavy atom. The van der Waals surface area contributed by atoms with E-state index < -0.39 is 10.0 Å². The molecule has 8 heteroatoms. The number of amides is 1. The summed E-state index contributed by atoms with van der Waals surface area (Å²) in [5.74, 6) is 0.180. The third-order valence-electron chi connectivity index (χ3n) is 5.95. The molecule has 0 spiro atoms. The third-order valence-corrected chi connectivity index (χ3v) is 7.32. The molecule has 0 atom stereocenters. The summed E-state index contributed by atoms with van der Waals surface area (Å²) in [5.41, 5.74) is 1.86. The monoisotopic (exact) mass is 443 g/mol. The minimum atomic E-state index is -3.85. The largest absolute Gasteiger partial charge is 0.496 e. The number of nitrogens with zero attached hydrogens (tertiary/aromatic N) is 2. The fourth-order valence-electron chi connectivity index (χ4n) is 4.22. The van der Waals surface area contributed by atoms with Crippen LogP contribution >= 0.6 is 0 Å². The van der Waals surface area contributed by atoms with Gasteiger partial charge in [0.05, 0.1) is 17.6 Å². The molecule has 2 saturated heterocycles. The fraction of sp³-hybridized carbons (Fsp3) is 0.435. The van der Waals surface area contributed by atoms with Crippen molar-refractivity contribution in [1.82, 2.24) is 4.90 Å². The maximum absolute atomic E-state index is 13.0. The molecule has 4 rings (SSSR count). The number of nitrogens with one attached hydrogen (secondary N) is 1. The lowest BCUT2D eigenvalue weighted by atomic mass is 10.1. The Balaban J connectivity index is 1.54. The zero-order valence-corrected chi connectivity index (χ0v) is 18.7. The Kier molecular flexibility index (Phi) is 6.36. The SMILES string of the molecule is COc1ccc(S(=O)(=O)Nc2ccc(N3CCCCC3)cc2)cc1C(=O)N1CCCC1. The molecule has 2 aromatic rings. The van der Waals surface area contributed by atoms with Crippen LogP contribution in [0.25, 0.3) is 0 Å². The summed E-state index contributed by atoms with van der Waals surface area (Å²) in [6.07, 6.45) is 5.55. The minimum absolute atomic E-state index is 0.0379. The highest BCUT2D eigenvalue weighted by Crippen LogP contribution is 2.27. The normalized spacial score (nSPS) is 16.9. The van der Waals surface area contributed by atoms with Gasteiger partial charge in [0.2, 0.25) is 0 Å². The Bertz CT molecular complexity index is 1030. The lowest BCUT2D eigenvalue weighted by molar-refractivity contribution is 0.0789. The number of hydrogen-bond acceptors (Lipinski definition) is 5. The fourth-order valence-corrected chi connectivity index (χ4v) is 5.30. The number of methoxy groups -OCH3 is 1. The predicted molar refractivity (Wildman–Crippen MR) is 121 cm³/mol. The number of carbonyl (C=O) groups is 1. The number of likely N-dealkylation sites (tertiary alicyclic amines) is 1. The van der Waals surface area contributed by atoms with Gasteiger partial charge in [0.15, 0.2) is 0 Å². The summed E-state index contributed by atoms with van der Waals surface area (Å²) in [6, 6.07) is 11.9. The Morgan fingerprint density at radius 1 is 0.903 bits per heavy atom. The highest BCUT2D eigenvalue weighted by atomic mass is 32.2. The number of piperidine rings is 1. The van der Waals surface area contributed by atoms with Gasteiger partial charge < -0.3 is 14.5 Å². The first kappa shape index (κ1) is 21.5. The number of ether oxygens (including phenoxy) is 1. The van der Waals surface area contributed by atoms with Crippen LogP contribution in [-0.2, 0) is 10.0 Å². The van der Waals surface area contributed by atoms with Crippen molar-refractivity contribution in [3.05, 3.63) is 48.0 Å². The maximum Gasteiger partial charge on any atom is 0.261 e. The first-order valence-electron chi connectivity index (χ1n) is 10.8. The van der Waals surface area contributed by atoms with Crippen LogP contribution in [0, 0.1) is 0 Å². The van der Waals surface area contributed by atoms with Crippen molar-refractivity contribution in [2.24, 2.45) is 0 Å². The molecule has 2 aromatic carbocycles. The van der Waals surface area contributed by atoms with Gasteiger partial charge in [-0.2, -0.15) is 0 Å². The lowest BCUT2D eigenvalue weighted by Gasteiger charge is -2.28. The molecule has 2 heterocycles. The standard InChI is InChI=1S/C23H29N3O4S/c1-30-22-12-11-20(17-21(22)23(27)26-15-5-6-16-26)31(28,29)24-18-7-9-19(10-8-18)25-13-3-2-4-14-25/h7-12,17,24H,2-6,13-16H2,1H3. The minimum Gasteiger partial charge on any atom is -0.496 e. The Hall–Kier alpha value is -2.74. The van der Waals surface area contributed by atoms with Crippen molar-refractivity contribution in [1.29, 1.82) is 0 Å². The molecular formula is C23H29N3O4S. The quantitative estimate of drug-likeness (QED) is 0.736. The van der Waals surface area contributed by atoms with E-state index in [1.54, 1.807) is 17.0 Å². The van der Waals surface area contributed by atoms with Gasteiger partial charge in [-0.1, -0.05) is 0 Å². The van der Waals surface area contributed by atoms with E-state index in [4.69, 9.17) is 4.74 Å². The molecule has 7 nitrogen and oxygen atoms in total. The van der Waals surface area contributed by atoms with Crippen LogP contribution < -0.4 is 14.4 Å². The second-order valence-electron chi connectivity index (χ2n) is 8.06. The summed E-state index contributed by atoms with van der Waals surface area (Å²) >= 11 is 0. The van der Waals surface area contributed by atoms with E-state index in [-0.39, 0.29) is 16.4 Å². The lowest BCUT2D eigenvalue weighted by Crippen LogP contribution is -2.29. The summed E-state index contributed by atoms with van der Waals surface area (Å²) in [7, 11) is -2.37. The molecule has 2 aliphatic rings. The molecule has 2 fully saturated rings. The highest BCUT2D eigenvalue weighted by molar-refractivity contribution is 7.92. The second kappa shape index (κ2) is 9.18. The number of hydrogen-bond donors (Lipinski definition) is 1. The summed E-state index contributed by atoms with van der Waals surface area (Å²) in [6.45, 7) is 3.43. The second-order valence-corrected chi connectivity index (χ2v) is 9.74. The predicted octanol–water partition coefficient (Wildman–Crippen LogP) is 3.72. The van der Waals surface area contributed by atoms with Crippen LogP contribution in [0.4, 0.5) is 11.4 Å². The number of carbonyl (C=O) groups excluding carboxylic acids is 1. The van der Waals surface area contributed by atoms with Crippen molar-refractivity contribution in [2.45, 2.75) is 37.0 Å². The van der Waals surface area contributed by atoms with Crippen LogP contribution in [0.3, 0.4) is 0 Å². The third kappa shape index (κ3) is 4.79. The van der Waals surface area contributed by atoms with E-state index in [0.29, 0.717) is 24.5 Å². The topological polar surface area (TPSA) is 79.0 Å². The smallest absolute Gasteiger partial charge is 0.261 e. The van der Waals surface area contributed by atoms with Gasteiger partial charge in [-0.05, 0) is 74.6 Å². The van der Waals surface area contributed by atoms with E-state index in [1.807, 2.05) is 12.1 Å². The molecule has 1 amide bonds. The van der Waals surface area contributed by atoms with Gasteiger partial charge in [-0.15, -0.1) is 0 Å². The average Bonchev–Trinajstić information content (AvgIpc) is 3.34. The summed E-state index contributed by atoms with van der Waals surface area (Å²) < 4.78 is 33.9. The zero-order chi connectivity index (χ0) is 21.8. The van der Waals surface area contributed by atoms with Crippen molar-refractivity contribution in [3.63, 3.8) is 0 Å². The van der Waals surface area contributed by atoms with Crippen LogP contribution in [0.15, 0.2) is 47.4 Å². The van der Waals surface area contributed by atoms with Gasteiger partial charge >= 0.3 is 0 Å². The van der Waals surface area contributed by atoms with Gasteiger partial charge in [0.1, 0.15) is 5.75 Å². The molecule has 166 valence electrons. The maximum atomic E-state index is 13.0. The van der Waals surface area contributed by atoms with Crippen LogP contribution in [0.2, 0.25) is 0 Å². The molecular weight excluding hydrogens is 414 g/mol. The molecule has 0 aliphatic carbocycles. The van der Waals surface area contributed by atoms with Crippen molar-refractivity contribution in [2.75, 3.05) is 42.9 Å². The van der Waals surface area contributed by atoms with Gasteiger partial charge in [-0.3, -0.25) is 9.52 Å². The molecule has 0 radical (unpaired) electrons. The number of anilines is 2. The number of rotatable bonds is 6. The first-order valence-corrected chi connectivity index (χ1v) is 12.3. The molecule has 1 N–H and O–H groups in total. The average molecular weight is 444 g/mol. The number of sulfonamides is 1. The van der Waals surface area contributed by atoms with Crippen molar-refractivity contribution >= 4 is 27.3 Å². The first-order chi connectivity index (χ1) is 15.0. The molecule has 2 aliphatic heterocycles. The van der Waals surface area contributed by atoms with E-state index in [0.717, 1.165) is 31.6 Å². The molecule has 31 heavy (non-hydrogen) atoms. The zero-order valence-electron chi connectivity index (χ0n) is 17.8. The van der Waals surface area contributed by atoms with E-state index in [1.165, 1.54) is 44.6 Å². The van der Waals surface area contributed by atoms with E-state index >= 15 is 0 Å². The Labute approximate surface area is 184 Å². The van der Waals surface area contributed by atoms with Gasteiger partial charge in [0.25, 0.3) is 15.9 Å².